The first-order chi connectivity index (χ1) is 9.08. The molecule has 2 amide bonds. The van der Waals surface area contributed by atoms with Gasteiger partial charge in [0.1, 0.15) is 5.82 Å². The number of amides is 2. The van der Waals surface area contributed by atoms with Gasteiger partial charge in [-0.15, -0.1) is 0 Å². The van der Waals surface area contributed by atoms with Crippen LogP contribution in [0, 0.1) is 17.7 Å². The zero-order valence-corrected chi connectivity index (χ0v) is 10.7. The summed E-state index contributed by atoms with van der Waals surface area (Å²) in [6, 6.07) is 4.43. The average molecular weight is 280 g/mol. The Hall–Kier alpha value is -1.68. The van der Waals surface area contributed by atoms with Crippen molar-refractivity contribution in [1.82, 2.24) is 5.32 Å². The lowest BCUT2D eigenvalue weighted by Gasteiger charge is -2.27. The Kier molecular flexibility index (Phi) is 2.90. The van der Waals surface area contributed by atoms with E-state index in [0.29, 0.717) is 17.0 Å². The van der Waals surface area contributed by atoms with E-state index in [2.05, 4.69) is 5.32 Å². The van der Waals surface area contributed by atoms with Gasteiger partial charge in [-0.2, -0.15) is 0 Å². The van der Waals surface area contributed by atoms with Crippen molar-refractivity contribution in [3.05, 3.63) is 46.8 Å². The van der Waals surface area contributed by atoms with Crippen LogP contribution in [0.3, 0.4) is 0 Å². The van der Waals surface area contributed by atoms with Gasteiger partial charge in [-0.3, -0.25) is 14.9 Å². The lowest BCUT2D eigenvalue weighted by Crippen LogP contribution is -2.28. The lowest BCUT2D eigenvalue weighted by atomic mass is 9.74. The van der Waals surface area contributed by atoms with Crippen molar-refractivity contribution in [2.24, 2.45) is 11.8 Å². The molecule has 19 heavy (non-hydrogen) atoms. The van der Waals surface area contributed by atoms with Crippen LogP contribution < -0.4 is 5.32 Å². The Morgan fingerprint density at radius 3 is 2.79 bits per heavy atom. The molecule has 98 valence electrons. The van der Waals surface area contributed by atoms with E-state index >= 15 is 0 Å². The summed E-state index contributed by atoms with van der Waals surface area (Å²) >= 11 is 5.73. The molecule has 3 unspecified atom stereocenters. The van der Waals surface area contributed by atoms with Gasteiger partial charge in [-0.25, -0.2) is 4.39 Å². The van der Waals surface area contributed by atoms with Crippen LogP contribution in [0.1, 0.15) is 17.9 Å². The number of imide groups is 1. The number of benzene rings is 1. The highest BCUT2D eigenvalue weighted by molar-refractivity contribution is 6.30. The van der Waals surface area contributed by atoms with Crippen LogP contribution >= 0.6 is 11.6 Å². The summed E-state index contributed by atoms with van der Waals surface area (Å²) in [7, 11) is 0. The Labute approximate surface area is 114 Å². The standard InChI is InChI=1S/C14H11ClFNO2/c15-7-4-5-8(11(16)6-7)9-2-1-3-10-12(9)14(19)17-13(10)18/h1,3-6,9-10,12H,2H2,(H,17,18,19). The van der Waals surface area contributed by atoms with Gasteiger partial charge in [0.25, 0.3) is 0 Å². The van der Waals surface area contributed by atoms with Gasteiger partial charge in [0.2, 0.25) is 11.8 Å². The van der Waals surface area contributed by atoms with Crippen LogP contribution in [0.2, 0.25) is 5.02 Å². The third-order valence-electron chi connectivity index (χ3n) is 3.77. The minimum absolute atomic E-state index is 0.301. The number of carbonyl (C=O) groups excluding carboxylic acids is 2. The van der Waals surface area contributed by atoms with Gasteiger partial charge < -0.3 is 0 Å². The molecule has 3 nitrogen and oxygen atoms in total. The molecular weight excluding hydrogens is 269 g/mol. The zero-order valence-electron chi connectivity index (χ0n) is 9.90. The third-order valence-corrected chi connectivity index (χ3v) is 4.00. The quantitative estimate of drug-likeness (QED) is 0.634. The van der Waals surface area contributed by atoms with E-state index < -0.39 is 17.7 Å². The number of rotatable bonds is 1. The maximum Gasteiger partial charge on any atom is 0.234 e. The smallest absolute Gasteiger partial charge is 0.234 e. The minimum atomic E-state index is -0.520. The maximum atomic E-state index is 14.0. The first-order valence-electron chi connectivity index (χ1n) is 6.04. The van der Waals surface area contributed by atoms with Crippen molar-refractivity contribution in [1.29, 1.82) is 0 Å². The van der Waals surface area contributed by atoms with Crippen LogP contribution in [0.25, 0.3) is 0 Å². The molecule has 1 aliphatic carbocycles. The second-order valence-corrected chi connectivity index (χ2v) is 5.28. The van der Waals surface area contributed by atoms with Crippen LogP contribution in [0.15, 0.2) is 30.4 Å². The van der Waals surface area contributed by atoms with Gasteiger partial charge >= 0.3 is 0 Å². The molecule has 3 atom stereocenters. The van der Waals surface area contributed by atoms with E-state index in [1.165, 1.54) is 6.07 Å². The molecule has 0 bridgehead atoms. The Morgan fingerprint density at radius 2 is 2.05 bits per heavy atom. The minimum Gasteiger partial charge on any atom is -0.296 e. The summed E-state index contributed by atoms with van der Waals surface area (Å²) in [6.45, 7) is 0. The fourth-order valence-corrected chi connectivity index (χ4v) is 3.05. The molecule has 0 spiro atoms. The number of halogens is 2. The van der Waals surface area contributed by atoms with Crippen LogP contribution in [0.5, 0.6) is 0 Å². The molecule has 0 saturated carbocycles. The van der Waals surface area contributed by atoms with Crippen LogP contribution in [-0.2, 0) is 9.59 Å². The van der Waals surface area contributed by atoms with Gasteiger partial charge in [0.15, 0.2) is 0 Å². The molecule has 1 saturated heterocycles. The molecule has 1 aliphatic heterocycles. The highest BCUT2D eigenvalue weighted by Crippen LogP contribution is 2.41. The van der Waals surface area contributed by atoms with Crippen molar-refractivity contribution in [3.8, 4) is 0 Å². The molecule has 1 N–H and O–H groups in total. The summed E-state index contributed by atoms with van der Waals surface area (Å²) in [6.07, 6.45) is 4.10. The Morgan fingerprint density at radius 1 is 1.26 bits per heavy atom. The fourth-order valence-electron chi connectivity index (χ4n) is 2.90. The summed E-state index contributed by atoms with van der Waals surface area (Å²) in [4.78, 5) is 23.5. The third kappa shape index (κ3) is 1.96. The molecule has 3 rings (SSSR count). The zero-order chi connectivity index (χ0) is 13.6. The topological polar surface area (TPSA) is 46.2 Å². The number of hydrogen-bond donors (Lipinski definition) is 1. The number of hydrogen-bond acceptors (Lipinski definition) is 2. The molecule has 0 aromatic heterocycles. The van der Waals surface area contributed by atoms with E-state index in [0.717, 1.165) is 0 Å². The molecule has 1 aromatic rings. The normalized spacial score (nSPS) is 29.3. The summed E-state index contributed by atoms with van der Waals surface area (Å²) < 4.78 is 14.0. The summed E-state index contributed by atoms with van der Waals surface area (Å²) in [5.41, 5.74) is 0.439. The first-order valence-corrected chi connectivity index (χ1v) is 6.42. The molecular formula is C14H11ClFNO2. The predicted octanol–water partition coefficient (Wildman–Crippen LogP) is 2.41. The monoisotopic (exact) mass is 279 g/mol. The van der Waals surface area contributed by atoms with Crippen LogP contribution in [0.4, 0.5) is 4.39 Å². The fraction of sp³-hybridized carbons (Fsp3) is 0.286. The molecule has 0 radical (unpaired) electrons. The predicted molar refractivity (Wildman–Crippen MR) is 68.0 cm³/mol. The van der Waals surface area contributed by atoms with Gasteiger partial charge in [-0.05, 0) is 24.1 Å². The molecule has 5 heteroatoms. The highest BCUT2D eigenvalue weighted by atomic mass is 35.5. The maximum absolute atomic E-state index is 14.0. The van der Waals surface area contributed by atoms with Crippen molar-refractivity contribution in [2.75, 3.05) is 0 Å². The van der Waals surface area contributed by atoms with Crippen molar-refractivity contribution >= 4 is 23.4 Å². The first kappa shape index (κ1) is 12.4. The molecule has 1 fully saturated rings. The lowest BCUT2D eigenvalue weighted by molar-refractivity contribution is -0.126. The summed E-state index contributed by atoms with van der Waals surface area (Å²) in [5, 5.41) is 2.63. The van der Waals surface area contributed by atoms with E-state index in [-0.39, 0.29) is 17.7 Å². The number of carbonyl (C=O) groups is 2. The van der Waals surface area contributed by atoms with E-state index in [1.54, 1.807) is 18.2 Å². The molecule has 1 aromatic carbocycles. The summed E-state index contributed by atoms with van der Waals surface area (Å²) in [5.74, 6) is -2.38. The Balaban J connectivity index is 2.03. The van der Waals surface area contributed by atoms with Gasteiger partial charge in [-0.1, -0.05) is 29.8 Å². The number of fused-ring (bicyclic) bond motifs is 1. The second-order valence-electron chi connectivity index (χ2n) is 4.84. The Bertz CT molecular complexity index is 599. The van der Waals surface area contributed by atoms with Gasteiger partial charge in [0.05, 0.1) is 11.8 Å². The largest absolute Gasteiger partial charge is 0.296 e. The number of allylic oxidation sites excluding steroid dienone is 1. The van der Waals surface area contributed by atoms with E-state index in [9.17, 15) is 14.0 Å². The molecule has 1 heterocycles. The van der Waals surface area contributed by atoms with Crippen molar-refractivity contribution in [2.45, 2.75) is 12.3 Å². The van der Waals surface area contributed by atoms with Crippen molar-refractivity contribution < 1.29 is 14.0 Å². The molecule has 2 aliphatic rings. The van der Waals surface area contributed by atoms with Crippen molar-refractivity contribution in [3.63, 3.8) is 0 Å². The average Bonchev–Trinajstić information content (AvgIpc) is 2.65. The number of nitrogens with one attached hydrogen (secondary N) is 1. The van der Waals surface area contributed by atoms with E-state index in [1.807, 2.05) is 6.08 Å². The second kappa shape index (κ2) is 4.46. The SMILES string of the molecule is O=C1NC(=O)C2C1C=CCC2c1ccc(Cl)cc1F. The highest BCUT2D eigenvalue weighted by Gasteiger charge is 2.46. The van der Waals surface area contributed by atoms with Gasteiger partial charge in [0, 0.05) is 10.9 Å². The van der Waals surface area contributed by atoms with E-state index in [4.69, 9.17) is 11.6 Å². The van der Waals surface area contributed by atoms with Crippen LogP contribution in [-0.4, -0.2) is 11.8 Å².